The van der Waals surface area contributed by atoms with Crippen LogP contribution >= 0.6 is 11.6 Å². The molecule has 0 radical (unpaired) electrons. The molecule has 2 N–H and O–H groups in total. The fourth-order valence-corrected chi connectivity index (χ4v) is 3.00. The molecule has 4 heteroatoms. The van der Waals surface area contributed by atoms with Crippen molar-refractivity contribution in [1.29, 1.82) is 0 Å². The number of halogens is 1. The smallest absolute Gasteiger partial charge is 0.124 e. The summed E-state index contributed by atoms with van der Waals surface area (Å²) in [5, 5.41) is 0.696. The summed E-state index contributed by atoms with van der Waals surface area (Å²) in [5.74, 6) is 0.807. The number of ether oxygens (including phenoxy) is 2. The number of rotatable bonds is 5. The van der Waals surface area contributed by atoms with Crippen LogP contribution in [0, 0.1) is 0 Å². The summed E-state index contributed by atoms with van der Waals surface area (Å²) in [6, 6.07) is 5.57. The predicted octanol–water partition coefficient (Wildman–Crippen LogP) is 3.92. The number of benzene rings is 1. The van der Waals surface area contributed by atoms with E-state index in [1.165, 1.54) is 25.7 Å². The zero-order valence-corrected chi connectivity index (χ0v) is 12.9. The third-order valence-electron chi connectivity index (χ3n) is 3.99. The van der Waals surface area contributed by atoms with Crippen LogP contribution in [0.15, 0.2) is 18.2 Å². The second-order valence-electron chi connectivity index (χ2n) is 5.73. The van der Waals surface area contributed by atoms with Gasteiger partial charge in [0.25, 0.3) is 0 Å². The molecule has 0 spiro atoms. The molecular formula is C16H24ClNO2. The van der Waals surface area contributed by atoms with E-state index in [2.05, 4.69) is 0 Å². The van der Waals surface area contributed by atoms with Crippen LogP contribution in [0.3, 0.4) is 0 Å². The van der Waals surface area contributed by atoms with Crippen LogP contribution in [0.25, 0.3) is 0 Å². The lowest BCUT2D eigenvalue weighted by atomic mass is 9.92. The van der Waals surface area contributed by atoms with Gasteiger partial charge in [0, 0.05) is 16.1 Å². The molecule has 3 nitrogen and oxygen atoms in total. The molecule has 0 aromatic heterocycles. The van der Waals surface area contributed by atoms with E-state index in [9.17, 15) is 0 Å². The Bertz CT molecular complexity index is 428. The molecule has 1 fully saturated rings. The summed E-state index contributed by atoms with van der Waals surface area (Å²) >= 11 is 6.01. The van der Waals surface area contributed by atoms with Gasteiger partial charge < -0.3 is 15.2 Å². The maximum Gasteiger partial charge on any atom is 0.124 e. The molecule has 1 aromatic carbocycles. The Kier molecular flexibility index (Phi) is 5.70. The summed E-state index contributed by atoms with van der Waals surface area (Å²) in [6.45, 7) is 1.09. The minimum absolute atomic E-state index is 0.164. The van der Waals surface area contributed by atoms with E-state index in [1.807, 2.05) is 18.2 Å². The van der Waals surface area contributed by atoms with Crippen molar-refractivity contribution in [2.75, 3.05) is 13.7 Å². The topological polar surface area (TPSA) is 44.5 Å². The van der Waals surface area contributed by atoms with Crippen LogP contribution in [0.4, 0.5) is 0 Å². The summed E-state index contributed by atoms with van der Waals surface area (Å²) in [5.41, 5.74) is 7.25. The van der Waals surface area contributed by atoms with Crippen LogP contribution in [-0.4, -0.2) is 19.3 Å². The van der Waals surface area contributed by atoms with Crippen molar-refractivity contribution in [3.05, 3.63) is 28.8 Å². The Labute approximate surface area is 126 Å². The summed E-state index contributed by atoms with van der Waals surface area (Å²) in [4.78, 5) is 0. The quantitative estimate of drug-likeness (QED) is 0.838. The molecule has 1 aromatic rings. The van der Waals surface area contributed by atoms with E-state index in [1.54, 1.807) is 7.11 Å². The van der Waals surface area contributed by atoms with Gasteiger partial charge in [0.1, 0.15) is 5.75 Å². The first-order valence-corrected chi connectivity index (χ1v) is 7.70. The monoisotopic (exact) mass is 297 g/mol. The van der Waals surface area contributed by atoms with Gasteiger partial charge in [-0.25, -0.2) is 0 Å². The lowest BCUT2D eigenvalue weighted by Crippen LogP contribution is -2.43. The third-order valence-corrected chi connectivity index (χ3v) is 4.22. The molecule has 0 amide bonds. The Morgan fingerprint density at radius 3 is 2.55 bits per heavy atom. The zero-order chi connectivity index (χ0) is 14.4. The molecule has 0 aliphatic heterocycles. The SMILES string of the molecule is COc1ccc(Cl)cc1COCC1(N)CCCCCC1. The van der Waals surface area contributed by atoms with Gasteiger partial charge in [0.2, 0.25) is 0 Å². The molecule has 0 heterocycles. The number of hydrogen-bond donors (Lipinski definition) is 1. The fraction of sp³-hybridized carbons (Fsp3) is 0.625. The largest absolute Gasteiger partial charge is 0.496 e. The molecule has 0 saturated heterocycles. The molecule has 2 rings (SSSR count). The van der Waals surface area contributed by atoms with Gasteiger partial charge >= 0.3 is 0 Å². The Hall–Kier alpha value is -0.770. The van der Waals surface area contributed by atoms with Crippen molar-refractivity contribution in [1.82, 2.24) is 0 Å². The number of methoxy groups -OCH3 is 1. The van der Waals surface area contributed by atoms with Crippen LogP contribution in [0.5, 0.6) is 5.75 Å². The molecule has 1 aliphatic carbocycles. The first kappa shape index (κ1) is 15.6. The van der Waals surface area contributed by atoms with Gasteiger partial charge in [-0.15, -0.1) is 0 Å². The standard InChI is InChI=1S/C16H24ClNO2/c1-19-15-7-6-14(17)10-13(15)11-20-12-16(18)8-4-2-3-5-9-16/h6-7,10H,2-5,8-9,11-12,18H2,1H3. The predicted molar refractivity (Wildman–Crippen MR) is 82.3 cm³/mol. The van der Waals surface area contributed by atoms with Crippen LogP contribution < -0.4 is 10.5 Å². The highest BCUT2D eigenvalue weighted by atomic mass is 35.5. The molecular weight excluding hydrogens is 274 g/mol. The van der Waals surface area contributed by atoms with Crippen molar-refractivity contribution in [3.8, 4) is 5.75 Å². The zero-order valence-electron chi connectivity index (χ0n) is 12.2. The molecule has 1 aliphatic rings. The number of nitrogens with two attached hydrogens (primary N) is 1. The van der Waals surface area contributed by atoms with E-state index < -0.39 is 0 Å². The maximum absolute atomic E-state index is 6.44. The fourth-order valence-electron chi connectivity index (χ4n) is 2.80. The lowest BCUT2D eigenvalue weighted by Gasteiger charge is -2.27. The Morgan fingerprint density at radius 1 is 1.20 bits per heavy atom. The van der Waals surface area contributed by atoms with Crippen molar-refractivity contribution in [3.63, 3.8) is 0 Å². The minimum Gasteiger partial charge on any atom is -0.496 e. The lowest BCUT2D eigenvalue weighted by molar-refractivity contribution is 0.0656. The summed E-state index contributed by atoms with van der Waals surface area (Å²) in [6.07, 6.45) is 7.11. The van der Waals surface area contributed by atoms with E-state index in [4.69, 9.17) is 26.8 Å². The van der Waals surface area contributed by atoms with Gasteiger partial charge in [-0.2, -0.15) is 0 Å². The first-order valence-electron chi connectivity index (χ1n) is 7.32. The van der Waals surface area contributed by atoms with Crippen LogP contribution in [0.2, 0.25) is 5.02 Å². The van der Waals surface area contributed by atoms with Crippen molar-refractivity contribution in [2.24, 2.45) is 5.73 Å². The van der Waals surface area contributed by atoms with Crippen LogP contribution in [-0.2, 0) is 11.3 Å². The second-order valence-corrected chi connectivity index (χ2v) is 6.16. The summed E-state index contributed by atoms with van der Waals surface area (Å²) < 4.78 is 11.2. The average molecular weight is 298 g/mol. The molecule has 20 heavy (non-hydrogen) atoms. The summed E-state index contributed by atoms with van der Waals surface area (Å²) in [7, 11) is 1.66. The Morgan fingerprint density at radius 2 is 1.90 bits per heavy atom. The highest BCUT2D eigenvalue weighted by Gasteiger charge is 2.26. The highest BCUT2D eigenvalue weighted by Crippen LogP contribution is 2.27. The Balaban J connectivity index is 1.90. The van der Waals surface area contributed by atoms with E-state index in [-0.39, 0.29) is 5.54 Å². The van der Waals surface area contributed by atoms with Gasteiger partial charge in [-0.1, -0.05) is 37.3 Å². The molecule has 0 bridgehead atoms. The molecule has 1 saturated carbocycles. The van der Waals surface area contributed by atoms with E-state index in [0.29, 0.717) is 18.2 Å². The van der Waals surface area contributed by atoms with Crippen molar-refractivity contribution in [2.45, 2.75) is 50.7 Å². The normalized spacial score (nSPS) is 18.6. The van der Waals surface area contributed by atoms with Gasteiger partial charge in [-0.3, -0.25) is 0 Å². The van der Waals surface area contributed by atoms with Gasteiger partial charge in [-0.05, 0) is 31.0 Å². The number of hydrogen-bond acceptors (Lipinski definition) is 3. The first-order chi connectivity index (χ1) is 9.63. The van der Waals surface area contributed by atoms with E-state index in [0.717, 1.165) is 24.2 Å². The van der Waals surface area contributed by atoms with Gasteiger partial charge in [0.05, 0.1) is 20.3 Å². The average Bonchev–Trinajstić information content (AvgIpc) is 2.64. The minimum atomic E-state index is -0.164. The van der Waals surface area contributed by atoms with E-state index >= 15 is 0 Å². The molecule has 0 unspecified atom stereocenters. The highest BCUT2D eigenvalue weighted by molar-refractivity contribution is 6.30. The van der Waals surface area contributed by atoms with Crippen molar-refractivity contribution >= 4 is 11.6 Å². The molecule has 0 atom stereocenters. The second kappa shape index (κ2) is 7.30. The van der Waals surface area contributed by atoms with Gasteiger partial charge in [0.15, 0.2) is 0 Å². The maximum atomic E-state index is 6.44. The third kappa shape index (κ3) is 4.37. The van der Waals surface area contributed by atoms with Crippen molar-refractivity contribution < 1.29 is 9.47 Å². The molecule has 112 valence electrons. The van der Waals surface area contributed by atoms with Crippen LogP contribution in [0.1, 0.15) is 44.1 Å².